The standard InChI is InChI=1S/C7H5IN4/c8-7-6(10-12-11-7)5-3-1-2-4-9-5/h1-4H,(H,10,11,12). The highest BCUT2D eigenvalue weighted by molar-refractivity contribution is 14.1. The van der Waals surface area contributed by atoms with Gasteiger partial charge in [0, 0.05) is 6.20 Å². The molecule has 0 aromatic carbocycles. The summed E-state index contributed by atoms with van der Waals surface area (Å²) in [5.74, 6) is 0. The van der Waals surface area contributed by atoms with Crippen molar-refractivity contribution in [3.8, 4) is 11.4 Å². The molecule has 5 heteroatoms. The fraction of sp³-hybridized carbons (Fsp3) is 0. The normalized spacial score (nSPS) is 10.1. The van der Waals surface area contributed by atoms with Gasteiger partial charge in [0.25, 0.3) is 0 Å². The van der Waals surface area contributed by atoms with Gasteiger partial charge in [-0.3, -0.25) is 4.98 Å². The number of halogens is 1. The predicted molar refractivity (Wildman–Crippen MR) is 52.3 cm³/mol. The van der Waals surface area contributed by atoms with Crippen LogP contribution in [0, 0.1) is 3.70 Å². The van der Waals surface area contributed by atoms with Crippen LogP contribution in [-0.4, -0.2) is 20.4 Å². The third-order valence-corrected chi connectivity index (χ3v) is 2.16. The number of nitrogens with one attached hydrogen (secondary N) is 1. The van der Waals surface area contributed by atoms with Gasteiger partial charge in [0.05, 0.1) is 5.69 Å². The molecular formula is C7H5IN4. The molecule has 0 amide bonds. The lowest BCUT2D eigenvalue weighted by Crippen LogP contribution is -1.83. The van der Waals surface area contributed by atoms with Crippen LogP contribution >= 0.6 is 22.6 Å². The van der Waals surface area contributed by atoms with Crippen molar-refractivity contribution < 1.29 is 0 Å². The maximum atomic E-state index is 4.15. The second kappa shape index (κ2) is 3.18. The van der Waals surface area contributed by atoms with Crippen LogP contribution in [0.5, 0.6) is 0 Å². The third kappa shape index (κ3) is 1.31. The molecule has 2 rings (SSSR count). The summed E-state index contributed by atoms with van der Waals surface area (Å²) < 4.78 is 0.839. The van der Waals surface area contributed by atoms with E-state index in [0.29, 0.717) is 0 Å². The zero-order chi connectivity index (χ0) is 8.39. The predicted octanol–water partition coefficient (Wildman–Crippen LogP) is 1.47. The monoisotopic (exact) mass is 272 g/mol. The Morgan fingerprint density at radius 3 is 2.75 bits per heavy atom. The van der Waals surface area contributed by atoms with Crippen LogP contribution in [0.2, 0.25) is 0 Å². The van der Waals surface area contributed by atoms with Crippen molar-refractivity contribution in [3.05, 3.63) is 28.1 Å². The lowest BCUT2D eigenvalue weighted by Gasteiger charge is -1.92. The smallest absolute Gasteiger partial charge is 0.152 e. The molecule has 0 atom stereocenters. The van der Waals surface area contributed by atoms with Gasteiger partial charge >= 0.3 is 0 Å². The Hall–Kier alpha value is -0.980. The molecule has 1 N–H and O–H groups in total. The van der Waals surface area contributed by atoms with Crippen LogP contribution in [0.1, 0.15) is 0 Å². The zero-order valence-electron chi connectivity index (χ0n) is 6.03. The summed E-state index contributed by atoms with van der Waals surface area (Å²) in [6.45, 7) is 0. The summed E-state index contributed by atoms with van der Waals surface area (Å²) >= 11 is 2.11. The zero-order valence-corrected chi connectivity index (χ0v) is 8.19. The molecule has 2 heterocycles. The first kappa shape index (κ1) is 7.66. The van der Waals surface area contributed by atoms with E-state index in [4.69, 9.17) is 0 Å². The molecule has 4 nitrogen and oxygen atoms in total. The van der Waals surface area contributed by atoms with E-state index in [1.54, 1.807) is 6.20 Å². The maximum absolute atomic E-state index is 4.15. The molecule has 12 heavy (non-hydrogen) atoms. The minimum absolute atomic E-state index is 0.802. The third-order valence-electron chi connectivity index (χ3n) is 1.41. The number of hydrogen-bond acceptors (Lipinski definition) is 3. The Kier molecular flexibility index (Phi) is 2.03. The minimum Gasteiger partial charge on any atom is -0.254 e. The van der Waals surface area contributed by atoms with Crippen LogP contribution in [0.3, 0.4) is 0 Å². The molecule has 0 spiro atoms. The van der Waals surface area contributed by atoms with Crippen molar-refractivity contribution in [2.75, 3.05) is 0 Å². The Balaban J connectivity index is 2.51. The molecule has 0 saturated heterocycles. The molecule has 0 fully saturated rings. The van der Waals surface area contributed by atoms with Gasteiger partial charge in [-0.2, -0.15) is 10.3 Å². The number of hydrogen-bond donors (Lipinski definition) is 1. The van der Waals surface area contributed by atoms with Gasteiger partial charge in [-0.05, 0) is 34.7 Å². The van der Waals surface area contributed by atoms with Crippen molar-refractivity contribution in [2.24, 2.45) is 0 Å². The fourth-order valence-corrected chi connectivity index (χ4v) is 1.39. The van der Waals surface area contributed by atoms with Crippen molar-refractivity contribution in [1.29, 1.82) is 0 Å². The molecule has 0 aliphatic carbocycles. The fourth-order valence-electron chi connectivity index (χ4n) is 0.884. The highest BCUT2D eigenvalue weighted by atomic mass is 127. The largest absolute Gasteiger partial charge is 0.254 e. The lowest BCUT2D eigenvalue weighted by atomic mass is 10.3. The SMILES string of the molecule is Ic1n[nH]nc1-c1ccccn1. The second-order valence-electron chi connectivity index (χ2n) is 2.18. The summed E-state index contributed by atoms with van der Waals surface area (Å²) in [7, 11) is 0. The van der Waals surface area contributed by atoms with Gasteiger partial charge in [-0.1, -0.05) is 6.07 Å². The van der Waals surface area contributed by atoms with E-state index in [9.17, 15) is 0 Å². The highest BCUT2D eigenvalue weighted by Gasteiger charge is 2.06. The molecule has 2 aromatic rings. The summed E-state index contributed by atoms with van der Waals surface area (Å²) in [5.41, 5.74) is 1.65. The molecule has 60 valence electrons. The van der Waals surface area contributed by atoms with E-state index in [1.165, 1.54) is 0 Å². The van der Waals surface area contributed by atoms with E-state index in [1.807, 2.05) is 18.2 Å². The van der Waals surface area contributed by atoms with Crippen molar-refractivity contribution in [3.63, 3.8) is 0 Å². The number of nitrogens with zero attached hydrogens (tertiary/aromatic N) is 3. The Labute approximate surface area is 82.6 Å². The molecule has 0 bridgehead atoms. The van der Waals surface area contributed by atoms with Gasteiger partial charge in [0.15, 0.2) is 3.70 Å². The van der Waals surface area contributed by atoms with Crippen LogP contribution in [0.25, 0.3) is 11.4 Å². The average molecular weight is 272 g/mol. The van der Waals surface area contributed by atoms with E-state index < -0.39 is 0 Å². The van der Waals surface area contributed by atoms with Crippen LogP contribution in [0.4, 0.5) is 0 Å². The summed E-state index contributed by atoms with van der Waals surface area (Å²) in [6, 6.07) is 5.70. The summed E-state index contributed by atoms with van der Waals surface area (Å²) in [4.78, 5) is 4.15. The van der Waals surface area contributed by atoms with E-state index in [0.717, 1.165) is 15.1 Å². The van der Waals surface area contributed by atoms with Gasteiger partial charge < -0.3 is 0 Å². The topological polar surface area (TPSA) is 54.5 Å². The van der Waals surface area contributed by atoms with E-state index >= 15 is 0 Å². The van der Waals surface area contributed by atoms with Crippen molar-refractivity contribution in [1.82, 2.24) is 20.4 Å². The van der Waals surface area contributed by atoms with Crippen LogP contribution in [-0.2, 0) is 0 Å². The average Bonchev–Trinajstić information content (AvgIpc) is 2.53. The number of H-pyrrole nitrogens is 1. The van der Waals surface area contributed by atoms with E-state index in [-0.39, 0.29) is 0 Å². The Bertz CT molecular complexity index is 370. The quantitative estimate of drug-likeness (QED) is 0.800. The summed E-state index contributed by atoms with van der Waals surface area (Å²) in [5, 5.41) is 10.4. The molecular weight excluding hydrogens is 267 g/mol. The number of pyridine rings is 1. The molecule has 0 radical (unpaired) electrons. The summed E-state index contributed by atoms with van der Waals surface area (Å²) in [6.07, 6.45) is 1.74. The molecule has 2 aromatic heterocycles. The first-order valence-electron chi connectivity index (χ1n) is 3.35. The minimum atomic E-state index is 0.802. The van der Waals surface area contributed by atoms with E-state index in [2.05, 4.69) is 43.0 Å². The van der Waals surface area contributed by atoms with Crippen molar-refractivity contribution in [2.45, 2.75) is 0 Å². The highest BCUT2D eigenvalue weighted by Crippen LogP contribution is 2.17. The molecule has 0 aliphatic rings. The van der Waals surface area contributed by atoms with Gasteiger partial charge in [-0.25, -0.2) is 0 Å². The van der Waals surface area contributed by atoms with Crippen LogP contribution in [0.15, 0.2) is 24.4 Å². The van der Waals surface area contributed by atoms with Gasteiger partial charge in [0.2, 0.25) is 0 Å². The first-order valence-corrected chi connectivity index (χ1v) is 4.43. The first-order chi connectivity index (χ1) is 5.88. The second-order valence-corrected chi connectivity index (χ2v) is 3.20. The van der Waals surface area contributed by atoms with Gasteiger partial charge in [0.1, 0.15) is 5.69 Å². The van der Waals surface area contributed by atoms with Crippen LogP contribution < -0.4 is 0 Å². The van der Waals surface area contributed by atoms with Crippen molar-refractivity contribution >= 4 is 22.6 Å². The maximum Gasteiger partial charge on any atom is 0.152 e. The number of aromatic amines is 1. The lowest BCUT2D eigenvalue weighted by molar-refractivity contribution is 0.934. The number of rotatable bonds is 1. The molecule has 0 unspecified atom stereocenters. The molecule has 0 aliphatic heterocycles. The van der Waals surface area contributed by atoms with Gasteiger partial charge in [-0.15, -0.1) is 5.10 Å². The molecule has 0 saturated carbocycles. The number of aromatic nitrogens is 4. The Morgan fingerprint density at radius 2 is 2.17 bits per heavy atom. The Morgan fingerprint density at radius 1 is 1.25 bits per heavy atom.